The summed E-state index contributed by atoms with van der Waals surface area (Å²) < 4.78 is 26.0. The lowest BCUT2D eigenvalue weighted by molar-refractivity contribution is -0.139. The molecule has 1 rings (SSSR count). The first kappa shape index (κ1) is 10.8. The van der Waals surface area contributed by atoms with Gasteiger partial charge >= 0.3 is 11.9 Å². The molecule has 14 heavy (non-hydrogen) atoms. The van der Waals surface area contributed by atoms with Crippen LogP contribution in [-0.2, 0) is 4.79 Å². The van der Waals surface area contributed by atoms with E-state index in [4.69, 9.17) is 10.8 Å². The van der Waals surface area contributed by atoms with E-state index in [1.807, 2.05) is 0 Å². The van der Waals surface area contributed by atoms with Crippen LogP contribution in [-0.4, -0.2) is 28.7 Å². The highest BCUT2D eigenvalue weighted by molar-refractivity contribution is 5.73. The minimum atomic E-state index is -3.47. The Balaban J connectivity index is 2.70. The molecule has 0 aromatic heterocycles. The molecule has 0 radical (unpaired) electrons. The fourth-order valence-corrected chi connectivity index (χ4v) is 1.00. The standard InChI is InChI=1S/C7H9F2N3O2/c1-2-6(8,9)7(11-12-7)3-4(10)5(13)14/h1,4,11-12H,3,10H2,(H,13,14)/t4-/m0/s1. The maximum atomic E-state index is 13.0. The smallest absolute Gasteiger partial charge is 0.340 e. The SMILES string of the molecule is C#CC(F)(F)C1(C[C@H](N)C(=O)O)NN1. The first-order valence-corrected chi connectivity index (χ1v) is 3.73. The van der Waals surface area contributed by atoms with Crippen molar-refractivity contribution in [2.75, 3.05) is 0 Å². The molecule has 0 aromatic rings. The maximum Gasteiger partial charge on any atom is 0.340 e. The van der Waals surface area contributed by atoms with Gasteiger partial charge in [-0.2, -0.15) is 8.78 Å². The third kappa shape index (κ3) is 1.68. The third-order valence-corrected chi connectivity index (χ3v) is 1.99. The Morgan fingerprint density at radius 3 is 2.50 bits per heavy atom. The number of hydrogen-bond donors (Lipinski definition) is 4. The van der Waals surface area contributed by atoms with E-state index in [1.165, 1.54) is 5.92 Å². The normalized spacial score (nSPS) is 21.0. The van der Waals surface area contributed by atoms with Crippen LogP contribution in [0.4, 0.5) is 8.78 Å². The monoisotopic (exact) mass is 205 g/mol. The molecule has 0 aliphatic carbocycles. The average molecular weight is 205 g/mol. The van der Waals surface area contributed by atoms with Crippen LogP contribution in [0.5, 0.6) is 0 Å². The van der Waals surface area contributed by atoms with Crippen LogP contribution in [0.1, 0.15) is 6.42 Å². The zero-order chi connectivity index (χ0) is 11.0. The zero-order valence-corrected chi connectivity index (χ0v) is 7.05. The molecule has 1 atom stereocenters. The van der Waals surface area contributed by atoms with Crippen LogP contribution in [0.15, 0.2) is 0 Å². The summed E-state index contributed by atoms with van der Waals surface area (Å²) in [5, 5.41) is 8.43. The van der Waals surface area contributed by atoms with Crippen LogP contribution in [0, 0.1) is 12.3 Å². The van der Waals surface area contributed by atoms with Gasteiger partial charge in [0.05, 0.1) is 0 Å². The summed E-state index contributed by atoms with van der Waals surface area (Å²) in [7, 11) is 0. The summed E-state index contributed by atoms with van der Waals surface area (Å²) in [4.78, 5) is 10.3. The van der Waals surface area contributed by atoms with E-state index >= 15 is 0 Å². The van der Waals surface area contributed by atoms with E-state index in [0.29, 0.717) is 0 Å². The summed E-state index contributed by atoms with van der Waals surface area (Å²) in [5.41, 5.74) is 7.52. The molecule has 1 fully saturated rings. The first-order chi connectivity index (χ1) is 6.34. The predicted molar refractivity (Wildman–Crippen MR) is 43.0 cm³/mol. The molecule has 0 saturated carbocycles. The predicted octanol–water partition coefficient (Wildman–Crippen LogP) is -1.14. The molecule has 7 heteroatoms. The lowest BCUT2D eigenvalue weighted by atomic mass is 9.99. The van der Waals surface area contributed by atoms with Gasteiger partial charge in [0.1, 0.15) is 6.04 Å². The van der Waals surface area contributed by atoms with E-state index in [9.17, 15) is 13.6 Å². The number of halogens is 2. The largest absolute Gasteiger partial charge is 0.480 e. The van der Waals surface area contributed by atoms with Crippen molar-refractivity contribution in [3.8, 4) is 12.3 Å². The van der Waals surface area contributed by atoms with Gasteiger partial charge in [0.25, 0.3) is 0 Å². The Labute approximate surface area is 78.6 Å². The van der Waals surface area contributed by atoms with E-state index in [-0.39, 0.29) is 0 Å². The summed E-state index contributed by atoms with van der Waals surface area (Å²) in [6, 6.07) is -1.39. The number of aliphatic carboxylic acids is 1. The molecule has 0 spiro atoms. The number of nitrogens with one attached hydrogen (secondary N) is 2. The van der Waals surface area contributed by atoms with Crippen molar-refractivity contribution in [3.05, 3.63) is 0 Å². The molecule has 1 aliphatic heterocycles. The number of carboxylic acids is 1. The van der Waals surface area contributed by atoms with E-state index < -0.39 is 30.0 Å². The summed E-state index contributed by atoms with van der Waals surface area (Å²) >= 11 is 0. The molecule has 0 bridgehead atoms. The van der Waals surface area contributed by atoms with Gasteiger partial charge in [-0.25, -0.2) is 10.9 Å². The minimum Gasteiger partial charge on any atom is -0.480 e. The van der Waals surface area contributed by atoms with E-state index in [2.05, 4.69) is 17.3 Å². The number of carboxylic acid groups (broad SMARTS) is 1. The molecule has 1 heterocycles. The summed E-state index contributed by atoms with van der Waals surface area (Å²) in [5.74, 6) is -3.54. The van der Waals surface area contributed by atoms with Gasteiger partial charge in [0, 0.05) is 6.42 Å². The minimum absolute atomic E-state index is 0.487. The highest BCUT2D eigenvalue weighted by atomic mass is 19.3. The number of carbonyl (C=O) groups is 1. The highest BCUT2D eigenvalue weighted by Crippen LogP contribution is 2.35. The van der Waals surface area contributed by atoms with Crippen molar-refractivity contribution < 1.29 is 18.7 Å². The number of hydrogen-bond acceptors (Lipinski definition) is 4. The van der Waals surface area contributed by atoms with Crippen LogP contribution < -0.4 is 16.6 Å². The molecule has 5 N–H and O–H groups in total. The van der Waals surface area contributed by atoms with Crippen molar-refractivity contribution in [1.82, 2.24) is 10.9 Å². The molecule has 78 valence electrons. The molecule has 0 unspecified atom stereocenters. The Hall–Kier alpha value is -1.23. The fraction of sp³-hybridized carbons (Fsp3) is 0.571. The van der Waals surface area contributed by atoms with Crippen LogP contribution >= 0.6 is 0 Å². The van der Waals surface area contributed by atoms with Crippen LogP contribution in [0.3, 0.4) is 0 Å². The quantitative estimate of drug-likeness (QED) is 0.343. The number of alkyl halides is 2. The molecular weight excluding hydrogens is 196 g/mol. The molecular formula is C7H9F2N3O2. The first-order valence-electron chi connectivity index (χ1n) is 3.73. The van der Waals surface area contributed by atoms with Crippen LogP contribution in [0.25, 0.3) is 0 Å². The molecule has 0 amide bonds. The van der Waals surface area contributed by atoms with Crippen molar-refractivity contribution in [2.24, 2.45) is 5.73 Å². The van der Waals surface area contributed by atoms with Gasteiger partial charge < -0.3 is 10.8 Å². The van der Waals surface area contributed by atoms with E-state index in [1.54, 1.807) is 0 Å². The van der Waals surface area contributed by atoms with Crippen LogP contribution in [0.2, 0.25) is 0 Å². The maximum absolute atomic E-state index is 13.0. The van der Waals surface area contributed by atoms with Crippen molar-refractivity contribution in [1.29, 1.82) is 0 Å². The number of terminal acetylenes is 1. The Morgan fingerprint density at radius 1 is 1.71 bits per heavy atom. The van der Waals surface area contributed by atoms with E-state index in [0.717, 1.165) is 0 Å². The van der Waals surface area contributed by atoms with Gasteiger partial charge in [0.2, 0.25) is 0 Å². The third-order valence-electron chi connectivity index (χ3n) is 1.99. The van der Waals surface area contributed by atoms with Gasteiger partial charge in [-0.3, -0.25) is 4.79 Å². The molecule has 5 nitrogen and oxygen atoms in total. The number of hydrazine groups is 1. The fourth-order valence-electron chi connectivity index (χ4n) is 1.00. The van der Waals surface area contributed by atoms with Gasteiger partial charge in [-0.05, 0) is 5.92 Å². The Bertz CT molecular complexity index is 296. The number of nitrogens with two attached hydrogens (primary N) is 1. The van der Waals surface area contributed by atoms with Crippen molar-refractivity contribution in [2.45, 2.75) is 24.0 Å². The topological polar surface area (TPSA) is 107 Å². The lowest BCUT2D eigenvalue weighted by Gasteiger charge is -2.19. The highest BCUT2D eigenvalue weighted by Gasteiger charge is 2.62. The second-order valence-corrected chi connectivity index (χ2v) is 3.02. The zero-order valence-electron chi connectivity index (χ0n) is 7.05. The second kappa shape index (κ2) is 3.16. The average Bonchev–Trinajstić information content (AvgIpc) is 2.85. The molecule has 1 aliphatic rings. The Morgan fingerprint density at radius 2 is 2.21 bits per heavy atom. The van der Waals surface area contributed by atoms with Crippen molar-refractivity contribution >= 4 is 5.97 Å². The molecule has 0 aromatic carbocycles. The second-order valence-electron chi connectivity index (χ2n) is 3.02. The molecule has 1 saturated heterocycles. The number of rotatable bonds is 4. The van der Waals surface area contributed by atoms with Gasteiger partial charge in [-0.1, -0.05) is 0 Å². The van der Waals surface area contributed by atoms with Gasteiger partial charge in [0.15, 0.2) is 5.66 Å². The van der Waals surface area contributed by atoms with Crippen molar-refractivity contribution in [3.63, 3.8) is 0 Å². The Kier molecular flexibility index (Phi) is 2.45. The summed E-state index contributed by atoms with van der Waals surface area (Å²) in [6.45, 7) is 0. The summed E-state index contributed by atoms with van der Waals surface area (Å²) in [6.07, 6.45) is 4.13. The van der Waals surface area contributed by atoms with Gasteiger partial charge in [-0.15, -0.1) is 6.42 Å². The lowest BCUT2D eigenvalue weighted by Crippen LogP contribution is -2.47.